The number of aromatic nitrogens is 1. The molecule has 120 valence electrons. The first kappa shape index (κ1) is 16.1. The fourth-order valence-electron chi connectivity index (χ4n) is 2.61. The van der Waals surface area contributed by atoms with Crippen molar-refractivity contribution in [2.24, 2.45) is 0 Å². The Kier molecular flexibility index (Phi) is 5.03. The average molecular weight is 350 g/mol. The summed E-state index contributed by atoms with van der Waals surface area (Å²) < 4.78 is 0. The van der Waals surface area contributed by atoms with Gasteiger partial charge in [-0.15, -0.1) is 0 Å². The summed E-state index contributed by atoms with van der Waals surface area (Å²) >= 11 is 11.8. The van der Waals surface area contributed by atoms with Gasteiger partial charge in [-0.05, 0) is 48.7 Å². The van der Waals surface area contributed by atoms with Gasteiger partial charge in [-0.1, -0.05) is 23.2 Å². The van der Waals surface area contributed by atoms with Crippen molar-refractivity contribution in [3.8, 4) is 0 Å². The Morgan fingerprint density at radius 1 is 1.13 bits per heavy atom. The van der Waals surface area contributed by atoms with E-state index in [0.717, 1.165) is 24.5 Å². The Morgan fingerprint density at radius 2 is 1.91 bits per heavy atom. The normalized spacial score (nSPS) is 14.1. The molecule has 2 aromatic rings. The van der Waals surface area contributed by atoms with Crippen molar-refractivity contribution in [1.29, 1.82) is 0 Å². The van der Waals surface area contributed by atoms with E-state index in [1.807, 2.05) is 12.1 Å². The molecule has 0 bridgehead atoms. The van der Waals surface area contributed by atoms with Gasteiger partial charge in [0, 0.05) is 31.4 Å². The van der Waals surface area contributed by atoms with E-state index in [0.29, 0.717) is 22.2 Å². The lowest BCUT2D eigenvalue weighted by molar-refractivity contribution is 0.0951. The van der Waals surface area contributed by atoms with Crippen LogP contribution in [-0.4, -0.2) is 24.0 Å². The van der Waals surface area contributed by atoms with Gasteiger partial charge in [-0.2, -0.15) is 0 Å². The Morgan fingerprint density at radius 3 is 2.65 bits per heavy atom. The second-order valence-corrected chi connectivity index (χ2v) is 6.34. The van der Waals surface area contributed by atoms with Crippen molar-refractivity contribution in [2.75, 3.05) is 18.0 Å². The Hall–Kier alpha value is -1.78. The summed E-state index contributed by atoms with van der Waals surface area (Å²) in [6.07, 6.45) is 4.20. The highest BCUT2D eigenvalue weighted by Gasteiger charge is 2.14. The minimum absolute atomic E-state index is 0.178. The molecule has 0 unspecified atom stereocenters. The van der Waals surface area contributed by atoms with E-state index in [4.69, 9.17) is 23.2 Å². The summed E-state index contributed by atoms with van der Waals surface area (Å²) in [5.41, 5.74) is 1.52. The number of nitrogens with zero attached hydrogens (tertiary/aromatic N) is 2. The molecule has 0 radical (unpaired) electrons. The number of rotatable bonds is 4. The largest absolute Gasteiger partial charge is 0.357 e. The van der Waals surface area contributed by atoms with Crippen molar-refractivity contribution in [3.63, 3.8) is 0 Å². The minimum Gasteiger partial charge on any atom is -0.357 e. The van der Waals surface area contributed by atoms with E-state index in [2.05, 4.69) is 15.2 Å². The van der Waals surface area contributed by atoms with Gasteiger partial charge in [0.25, 0.3) is 5.91 Å². The van der Waals surface area contributed by atoms with Gasteiger partial charge >= 0.3 is 0 Å². The van der Waals surface area contributed by atoms with Crippen LogP contribution in [0.1, 0.15) is 28.8 Å². The van der Waals surface area contributed by atoms with Crippen LogP contribution in [0.2, 0.25) is 10.0 Å². The quantitative estimate of drug-likeness (QED) is 0.909. The predicted octanol–water partition coefficient (Wildman–Crippen LogP) is 3.92. The molecule has 23 heavy (non-hydrogen) atoms. The Bertz CT molecular complexity index is 715. The standard InChI is InChI=1S/C17H17Cl2N3O/c18-14-4-3-13(10-15(14)19)17(23)21-11-12-5-6-20-16(9-12)22-7-1-2-8-22/h3-6,9-10H,1-2,7-8,11H2,(H,21,23). The fraction of sp³-hybridized carbons (Fsp3) is 0.294. The first-order valence-electron chi connectivity index (χ1n) is 7.56. The summed E-state index contributed by atoms with van der Waals surface area (Å²) in [6, 6.07) is 8.79. The average Bonchev–Trinajstić information content (AvgIpc) is 3.10. The van der Waals surface area contributed by atoms with Crippen molar-refractivity contribution >= 4 is 34.9 Å². The number of hydrogen-bond donors (Lipinski definition) is 1. The molecule has 1 aromatic carbocycles. The second-order valence-electron chi connectivity index (χ2n) is 5.53. The van der Waals surface area contributed by atoms with Crippen molar-refractivity contribution in [2.45, 2.75) is 19.4 Å². The zero-order valence-electron chi connectivity index (χ0n) is 12.6. The fourth-order valence-corrected chi connectivity index (χ4v) is 2.91. The first-order chi connectivity index (χ1) is 11.1. The van der Waals surface area contributed by atoms with Crippen LogP contribution < -0.4 is 10.2 Å². The van der Waals surface area contributed by atoms with E-state index in [1.54, 1.807) is 24.4 Å². The highest BCUT2D eigenvalue weighted by molar-refractivity contribution is 6.42. The molecule has 1 N–H and O–H groups in total. The third-order valence-corrected chi connectivity index (χ3v) is 4.61. The molecule has 0 spiro atoms. The first-order valence-corrected chi connectivity index (χ1v) is 8.32. The van der Waals surface area contributed by atoms with E-state index >= 15 is 0 Å². The van der Waals surface area contributed by atoms with Crippen molar-refractivity contribution in [1.82, 2.24) is 10.3 Å². The molecular weight excluding hydrogens is 333 g/mol. The van der Waals surface area contributed by atoms with Crippen molar-refractivity contribution in [3.05, 3.63) is 57.7 Å². The van der Waals surface area contributed by atoms with Crippen LogP contribution >= 0.6 is 23.2 Å². The van der Waals surface area contributed by atoms with Crippen LogP contribution in [0.25, 0.3) is 0 Å². The molecule has 1 fully saturated rings. The number of anilines is 1. The van der Waals surface area contributed by atoms with Gasteiger partial charge in [-0.25, -0.2) is 4.98 Å². The van der Waals surface area contributed by atoms with E-state index in [-0.39, 0.29) is 5.91 Å². The van der Waals surface area contributed by atoms with E-state index in [1.165, 1.54) is 12.8 Å². The monoisotopic (exact) mass is 349 g/mol. The molecule has 0 aliphatic carbocycles. The van der Waals surface area contributed by atoms with Crippen molar-refractivity contribution < 1.29 is 4.79 Å². The lowest BCUT2D eigenvalue weighted by atomic mass is 10.2. The minimum atomic E-state index is -0.178. The van der Waals surface area contributed by atoms with E-state index in [9.17, 15) is 4.79 Å². The molecule has 1 aromatic heterocycles. The molecule has 1 saturated heterocycles. The molecule has 0 saturated carbocycles. The number of halogens is 2. The summed E-state index contributed by atoms with van der Waals surface area (Å²) in [5, 5.41) is 3.70. The van der Waals surface area contributed by atoms with Crippen LogP contribution in [0, 0.1) is 0 Å². The molecule has 1 aliphatic heterocycles. The molecule has 2 heterocycles. The summed E-state index contributed by atoms with van der Waals surface area (Å²) in [5.74, 6) is 0.798. The molecule has 6 heteroatoms. The third kappa shape index (κ3) is 3.95. The highest BCUT2D eigenvalue weighted by Crippen LogP contribution is 2.22. The maximum Gasteiger partial charge on any atom is 0.251 e. The molecule has 1 aliphatic rings. The van der Waals surface area contributed by atoms with Gasteiger partial charge < -0.3 is 10.2 Å². The van der Waals surface area contributed by atoms with Crippen LogP contribution in [0.4, 0.5) is 5.82 Å². The summed E-state index contributed by atoms with van der Waals surface area (Å²) in [4.78, 5) is 18.9. The van der Waals surface area contributed by atoms with E-state index < -0.39 is 0 Å². The zero-order chi connectivity index (χ0) is 16.2. The van der Waals surface area contributed by atoms with Crippen LogP contribution in [0.3, 0.4) is 0 Å². The molecule has 1 amide bonds. The van der Waals surface area contributed by atoms with Crippen LogP contribution in [0.15, 0.2) is 36.5 Å². The molecular formula is C17H17Cl2N3O. The number of amides is 1. The number of nitrogens with one attached hydrogen (secondary N) is 1. The Labute approximate surface area is 145 Å². The van der Waals surface area contributed by atoms with Crippen LogP contribution in [0.5, 0.6) is 0 Å². The smallest absolute Gasteiger partial charge is 0.251 e. The Balaban J connectivity index is 1.64. The lowest BCUT2D eigenvalue weighted by Gasteiger charge is -2.17. The SMILES string of the molecule is O=C(NCc1ccnc(N2CCCC2)c1)c1ccc(Cl)c(Cl)c1. The highest BCUT2D eigenvalue weighted by atomic mass is 35.5. The molecule has 4 nitrogen and oxygen atoms in total. The van der Waals surface area contributed by atoms with Gasteiger partial charge in [-0.3, -0.25) is 4.79 Å². The number of benzene rings is 1. The number of carbonyl (C=O) groups excluding carboxylic acids is 1. The van der Waals surface area contributed by atoms with Crippen LogP contribution in [-0.2, 0) is 6.54 Å². The maximum absolute atomic E-state index is 12.2. The second kappa shape index (κ2) is 7.20. The third-order valence-electron chi connectivity index (χ3n) is 3.87. The maximum atomic E-state index is 12.2. The number of carbonyl (C=O) groups is 1. The zero-order valence-corrected chi connectivity index (χ0v) is 14.1. The predicted molar refractivity (Wildman–Crippen MR) is 93.3 cm³/mol. The topological polar surface area (TPSA) is 45.2 Å². The van der Waals surface area contributed by atoms with Gasteiger partial charge in [0.15, 0.2) is 0 Å². The molecule has 3 rings (SSSR count). The van der Waals surface area contributed by atoms with Gasteiger partial charge in [0.1, 0.15) is 5.82 Å². The summed E-state index contributed by atoms with van der Waals surface area (Å²) in [7, 11) is 0. The van der Waals surface area contributed by atoms with Gasteiger partial charge in [0.05, 0.1) is 10.0 Å². The molecule has 0 atom stereocenters. The summed E-state index contributed by atoms with van der Waals surface area (Å²) in [6.45, 7) is 2.54. The number of hydrogen-bond acceptors (Lipinski definition) is 3. The van der Waals surface area contributed by atoms with Gasteiger partial charge in [0.2, 0.25) is 0 Å². The lowest BCUT2D eigenvalue weighted by Crippen LogP contribution is -2.23. The number of pyridine rings is 1.